The molecule has 1 saturated heterocycles. The quantitative estimate of drug-likeness (QED) is 0.347. The zero-order chi connectivity index (χ0) is 16.9. The molecule has 2 heterocycles. The molecule has 0 N–H and O–H groups in total. The molecule has 3 rings (SSSR count). The Balaban J connectivity index is 1.55. The van der Waals surface area contributed by atoms with E-state index in [1.807, 2.05) is 0 Å². The van der Waals surface area contributed by atoms with Gasteiger partial charge in [-0.1, -0.05) is 11.6 Å². The molecule has 0 unspecified atom stereocenters. The van der Waals surface area contributed by atoms with Gasteiger partial charge in [-0.15, -0.1) is 0 Å². The number of carbonyl (C=O) groups is 1. The molecule has 8 heteroatoms. The SMILES string of the molecule is O=C(OCCCN1CCCCC1)c1noc2cc([N+](=O)[O-])ccc12. The molecule has 0 atom stereocenters. The van der Waals surface area contributed by atoms with Gasteiger partial charge in [0.05, 0.1) is 23.0 Å². The molecule has 0 aliphatic carbocycles. The smallest absolute Gasteiger partial charge is 0.361 e. The summed E-state index contributed by atoms with van der Waals surface area (Å²) in [6, 6.07) is 4.01. The van der Waals surface area contributed by atoms with E-state index in [1.54, 1.807) is 0 Å². The van der Waals surface area contributed by atoms with E-state index in [4.69, 9.17) is 9.26 Å². The Morgan fingerprint density at radius 3 is 2.88 bits per heavy atom. The molecule has 1 fully saturated rings. The summed E-state index contributed by atoms with van der Waals surface area (Å²) in [6.45, 7) is 3.46. The van der Waals surface area contributed by atoms with Gasteiger partial charge in [0, 0.05) is 12.6 Å². The number of piperidine rings is 1. The fraction of sp³-hybridized carbons (Fsp3) is 0.500. The van der Waals surface area contributed by atoms with Crippen LogP contribution in [0.25, 0.3) is 11.0 Å². The van der Waals surface area contributed by atoms with Crippen molar-refractivity contribution in [1.29, 1.82) is 0 Å². The maximum absolute atomic E-state index is 12.1. The van der Waals surface area contributed by atoms with Crippen LogP contribution in [-0.4, -0.2) is 47.2 Å². The number of fused-ring (bicyclic) bond motifs is 1. The molecule has 0 amide bonds. The molecule has 24 heavy (non-hydrogen) atoms. The molecule has 128 valence electrons. The van der Waals surface area contributed by atoms with E-state index < -0.39 is 10.9 Å². The molecule has 0 bridgehead atoms. The van der Waals surface area contributed by atoms with Crippen LogP contribution in [0.5, 0.6) is 0 Å². The molecular formula is C16H19N3O5. The van der Waals surface area contributed by atoms with Crippen LogP contribution in [0.3, 0.4) is 0 Å². The number of rotatable bonds is 6. The maximum atomic E-state index is 12.1. The number of likely N-dealkylation sites (tertiary alicyclic amines) is 1. The topological polar surface area (TPSA) is 98.7 Å². The Kier molecular flexibility index (Phi) is 5.05. The molecule has 1 aliphatic rings. The predicted molar refractivity (Wildman–Crippen MR) is 85.9 cm³/mol. The lowest BCUT2D eigenvalue weighted by atomic mass is 10.1. The van der Waals surface area contributed by atoms with E-state index in [2.05, 4.69) is 10.1 Å². The van der Waals surface area contributed by atoms with Crippen molar-refractivity contribution >= 4 is 22.6 Å². The Hall–Kier alpha value is -2.48. The van der Waals surface area contributed by atoms with Gasteiger partial charge in [0.2, 0.25) is 0 Å². The van der Waals surface area contributed by atoms with E-state index in [1.165, 1.54) is 37.5 Å². The third-order valence-corrected chi connectivity index (χ3v) is 4.16. The third kappa shape index (κ3) is 3.70. The number of esters is 1. The monoisotopic (exact) mass is 333 g/mol. The first kappa shape index (κ1) is 16.4. The summed E-state index contributed by atoms with van der Waals surface area (Å²) in [5, 5.41) is 14.8. The summed E-state index contributed by atoms with van der Waals surface area (Å²) in [5.74, 6) is -0.568. The van der Waals surface area contributed by atoms with Gasteiger partial charge in [0.1, 0.15) is 0 Å². The van der Waals surface area contributed by atoms with Gasteiger partial charge in [0.15, 0.2) is 11.3 Å². The lowest BCUT2D eigenvalue weighted by Crippen LogP contribution is -2.31. The van der Waals surface area contributed by atoms with E-state index in [9.17, 15) is 14.9 Å². The van der Waals surface area contributed by atoms with E-state index in [0.29, 0.717) is 12.0 Å². The number of carbonyl (C=O) groups excluding carboxylic acids is 1. The number of aromatic nitrogens is 1. The number of benzene rings is 1. The van der Waals surface area contributed by atoms with Crippen LogP contribution in [0.1, 0.15) is 36.2 Å². The summed E-state index contributed by atoms with van der Waals surface area (Å²) in [5.41, 5.74) is 0.141. The lowest BCUT2D eigenvalue weighted by Gasteiger charge is -2.26. The largest absolute Gasteiger partial charge is 0.461 e. The highest BCUT2D eigenvalue weighted by Gasteiger charge is 2.20. The standard InChI is InChI=1S/C16H19N3O5/c20-16(23-10-4-9-18-7-2-1-3-8-18)15-13-6-5-12(19(21)22)11-14(13)24-17-15/h5-6,11H,1-4,7-10H2. The molecule has 0 saturated carbocycles. The summed E-state index contributed by atoms with van der Waals surface area (Å²) in [6.07, 6.45) is 4.53. The Bertz CT molecular complexity index is 736. The van der Waals surface area contributed by atoms with Crippen molar-refractivity contribution in [2.75, 3.05) is 26.2 Å². The van der Waals surface area contributed by atoms with Gasteiger partial charge >= 0.3 is 5.97 Å². The first-order valence-corrected chi connectivity index (χ1v) is 8.08. The second-order valence-corrected chi connectivity index (χ2v) is 5.86. The van der Waals surface area contributed by atoms with Crippen molar-refractivity contribution < 1.29 is 19.0 Å². The second kappa shape index (κ2) is 7.39. The fourth-order valence-corrected chi connectivity index (χ4v) is 2.89. The van der Waals surface area contributed by atoms with Crippen LogP contribution in [-0.2, 0) is 4.74 Å². The molecule has 0 radical (unpaired) electrons. The lowest BCUT2D eigenvalue weighted by molar-refractivity contribution is -0.384. The molecule has 2 aromatic rings. The van der Waals surface area contributed by atoms with Gasteiger partial charge in [0.25, 0.3) is 5.69 Å². The van der Waals surface area contributed by atoms with E-state index in [-0.39, 0.29) is 17.0 Å². The summed E-state index contributed by atoms with van der Waals surface area (Å²) in [7, 11) is 0. The number of ether oxygens (including phenoxy) is 1. The molecule has 0 spiro atoms. The number of hydrogen-bond donors (Lipinski definition) is 0. The average Bonchev–Trinajstić information content (AvgIpc) is 3.02. The molecule has 8 nitrogen and oxygen atoms in total. The molecule has 1 aromatic carbocycles. The zero-order valence-electron chi connectivity index (χ0n) is 13.3. The van der Waals surface area contributed by atoms with Gasteiger partial charge in [-0.3, -0.25) is 10.1 Å². The van der Waals surface area contributed by atoms with Crippen molar-refractivity contribution in [3.05, 3.63) is 34.0 Å². The minimum atomic E-state index is -0.568. The van der Waals surface area contributed by atoms with Crippen LogP contribution < -0.4 is 0 Å². The number of nitro groups is 1. The molecule has 1 aromatic heterocycles. The summed E-state index contributed by atoms with van der Waals surface area (Å²) in [4.78, 5) is 24.7. The van der Waals surface area contributed by atoms with Crippen LogP contribution in [0.4, 0.5) is 5.69 Å². The van der Waals surface area contributed by atoms with Gasteiger partial charge in [-0.05, 0) is 38.4 Å². The van der Waals surface area contributed by atoms with Gasteiger partial charge < -0.3 is 14.2 Å². The Morgan fingerprint density at radius 1 is 1.33 bits per heavy atom. The van der Waals surface area contributed by atoms with Crippen LogP contribution in [0, 0.1) is 10.1 Å². The normalized spacial score (nSPS) is 15.5. The number of hydrogen-bond acceptors (Lipinski definition) is 7. The van der Waals surface area contributed by atoms with Gasteiger partial charge in [-0.25, -0.2) is 4.79 Å². The van der Waals surface area contributed by atoms with Crippen LogP contribution in [0.15, 0.2) is 22.7 Å². The number of nitro benzene ring substituents is 1. The van der Waals surface area contributed by atoms with Crippen molar-refractivity contribution in [2.24, 2.45) is 0 Å². The van der Waals surface area contributed by atoms with Crippen LogP contribution in [0.2, 0.25) is 0 Å². The minimum Gasteiger partial charge on any atom is -0.461 e. The van der Waals surface area contributed by atoms with Crippen molar-refractivity contribution in [3.8, 4) is 0 Å². The third-order valence-electron chi connectivity index (χ3n) is 4.16. The predicted octanol–water partition coefficient (Wildman–Crippen LogP) is 2.77. The average molecular weight is 333 g/mol. The van der Waals surface area contributed by atoms with E-state index >= 15 is 0 Å². The maximum Gasteiger partial charge on any atom is 0.361 e. The Labute approximate surface area is 138 Å². The molecular weight excluding hydrogens is 314 g/mol. The van der Waals surface area contributed by atoms with Crippen LogP contribution >= 0.6 is 0 Å². The highest BCUT2D eigenvalue weighted by Crippen LogP contribution is 2.24. The highest BCUT2D eigenvalue weighted by atomic mass is 16.6. The summed E-state index contributed by atoms with van der Waals surface area (Å²) < 4.78 is 10.2. The van der Waals surface area contributed by atoms with E-state index in [0.717, 1.165) is 26.1 Å². The fourth-order valence-electron chi connectivity index (χ4n) is 2.89. The van der Waals surface area contributed by atoms with Crippen molar-refractivity contribution in [3.63, 3.8) is 0 Å². The summed E-state index contributed by atoms with van der Waals surface area (Å²) >= 11 is 0. The Morgan fingerprint density at radius 2 is 2.12 bits per heavy atom. The van der Waals surface area contributed by atoms with Crippen molar-refractivity contribution in [2.45, 2.75) is 25.7 Å². The number of non-ortho nitro benzene ring substituents is 1. The first-order valence-electron chi connectivity index (χ1n) is 8.08. The minimum absolute atomic E-state index is 0.0536. The van der Waals surface area contributed by atoms with Crippen molar-refractivity contribution in [1.82, 2.24) is 10.1 Å². The highest BCUT2D eigenvalue weighted by molar-refractivity contribution is 6.01. The second-order valence-electron chi connectivity index (χ2n) is 5.86. The van der Waals surface area contributed by atoms with Gasteiger partial charge in [-0.2, -0.15) is 0 Å². The first-order chi connectivity index (χ1) is 11.6. The zero-order valence-corrected chi connectivity index (χ0v) is 13.3. The molecule has 1 aliphatic heterocycles. The number of nitrogens with zero attached hydrogens (tertiary/aromatic N) is 3.